The van der Waals surface area contributed by atoms with Crippen molar-refractivity contribution in [2.45, 2.75) is 110 Å². The molecule has 0 rings (SSSR count). The summed E-state index contributed by atoms with van der Waals surface area (Å²) in [6, 6.07) is 1.08. The molecule has 1 nitrogen and oxygen atoms in total. The van der Waals surface area contributed by atoms with Crippen LogP contribution in [-0.2, 0) is 4.43 Å². The van der Waals surface area contributed by atoms with Crippen LogP contribution in [0.2, 0.25) is 19.1 Å². The maximum Gasteiger partial charge on any atom is 0.190 e. The number of allylic oxidation sites excluding steroid dienone is 1. The van der Waals surface area contributed by atoms with E-state index in [9.17, 15) is 0 Å². The maximum absolute atomic E-state index is 6.49. The molecule has 2 heteroatoms. The molecule has 0 saturated carbocycles. The quantitative estimate of drug-likeness (QED) is 0.178. The van der Waals surface area contributed by atoms with Gasteiger partial charge >= 0.3 is 0 Å². The lowest BCUT2D eigenvalue weighted by atomic mass is 10.0. The van der Waals surface area contributed by atoms with Crippen LogP contribution >= 0.6 is 0 Å². The van der Waals surface area contributed by atoms with Gasteiger partial charge in [0.2, 0.25) is 0 Å². The monoisotopic (exact) mass is 312 g/mol. The second-order valence-corrected chi connectivity index (χ2v) is 11.2. The highest BCUT2D eigenvalue weighted by Crippen LogP contribution is 2.21. The van der Waals surface area contributed by atoms with E-state index in [1.807, 2.05) is 6.08 Å². The molecule has 21 heavy (non-hydrogen) atoms. The van der Waals surface area contributed by atoms with Crippen LogP contribution in [0.25, 0.3) is 0 Å². The molecule has 126 valence electrons. The van der Waals surface area contributed by atoms with Crippen LogP contribution in [0.1, 0.15) is 84.5 Å². The Bertz CT molecular complexity index is 238. The fraction of sp³-hybridized carbons (Fsp3) is 0.895. The minimum atomic E-state index is -1.52. The average molecular weight is 313 g/mol. The van der Waals surface area contributed by atoms with Crippen molar-refractivity contribution < 1.29 is 4.43 Å². The van der Waals surface area contributed by atoms with E-state index in [2.05, 4.69) is 33.5 Å². The summed E-state index contributed by atoms with van der Waals surface area (Å²) in [6.45, 7) is 13.1. The average Bonchev–Trinajstić information content (AvgIpc) is 2.43. The summed E-state index contributed by atoms with van der Waals surface area (Å²) in [4.78, 5) is 0. The van der Waals surface area contributed by atoms with Crippen molar-refractivity contribution in [3.63, 3.8) is 0 Å². The molecule has 0 aliphatic rings. The topological polar surface area (TPSA) is 9.23 Å². The van der Waals surface area contributed by atoms with Gasteiger partial charge in [-0.1, -0.05) is 77.7 Å². The van der Waals surface area contributed by atoms with Crippen molar-refractivity contribution in [1.29, 1.82) is 0 Å². The molecule has 0 N–H and O–H groups in total. The molecule has 1 unspecified atom stereocenters. The Morgan fingerprint density at radius 3 is 1.95 bits per heavy atom. The Morgan fingerprint density at radius 1 is 0.857 bits per heavy atom. The van der Waals surface area contributed by atoms with E-state index < -0.39 is 8.32 Å². The molecule has 0 amide bonds. The van der Waals surface area contributed by atoms with Crippen molar-refractivity contribution in [3.8, 4) is 0 Å². The smallest absolute Gasteiger partial charge is 0.190 e. The van der Waals surface area contributed by atoms with Gasteiger partial charge in [0.25, 0.3) is 0 Å². The van der Waals surface area contributed by atoms with Crippen LogP contribution in [0.3, 0.4) is 0 Å². The molecule has 0 spiro atoms. The highest BCUT2D eigenvalue weighted by Gasteiger charge is 2.24. The van der Waals surface area contributed by atoms with Crippen LogP contribution in [0.15, 0.2) is 12.7 Å². The van der Waals surface area contributed by atoms with Crippen LogP contribution in [-0.4, -0.2) is 14.4 Å². The fourth-order valence-electron chi connectivity index (χ4n) is 2.87. The standard InChI is InChI=1S/C19H40OSi/c1-6-9-11-12-13-14-15-17-19(16-10-7-2)20-21(4,5)18-8-3/h8,19H,3,6-7,9-18H2,1-2,4-5H3. The van der Waals surface area contributed by atoms with Gasteiger partial charge in [-0.15, -0.1) is 6.58 Å². The lowest BCUT2D eigenvalue weighted by molar-refractivity contribution is 0.165. The predicted octanol–water partition coefficient (Wildman–Crippen LogP) is 7.09. The van der Waals surface area contributed by atoms with Crippen LogP contribution < -0.4 is 0 Å². The first-order valence-corrected chi connectivity index (χ1v) is 12.5. The molecule has 0 saturated heterocycles. The second-order valence-electron chi connectivity index (χ2n) is 7.04. The number of hydrogen-bond donors (Lipinski definition) is 0. The van der Waals surface area contributed by atoms with Gasteiger partial charge < -0.3 is 4.43 Å². The van der Waals surface area contributed by atoms with E-state index in [1.54, 1.807) is 0 Å². The highest BCUT2D eigenvalue weighted by molar-refractivity contribution is 6.71. The molecular weight excluding hydrogens is 272 g/mol. The molecule has 0 bridgehead atoms. The molecule has 0 aromatic rings. The summed E-state index contributed by atoms with van der Waals surface area (Å²) < 4.78 is 6.49. The van der Waals surface area contributed by atoms with E-state index in [1.165, 1.54) is 70.6 Å². The lowest BCUT2D eigenvalue weighted by Gasteiger charge is -2.29. The van der Waals surface area contributed by atoms with Gasteiger partial charge in [-0.05, 0) is 32.0 Å². The van der Waals surface area contributed by atoms with Gasteiger partial charge in [-0.2, -0.15) is 0 Å². The summed E-state index contributed by atoms with van der Waals surface area (Å²) >= 11 is 0. The summed E-state index contributed by atoms with van der Waals surface area (Å²) in [5.41, 5.74) is 0. The van der Waals surface area contributed by atoms with Gasteiger partial charge in [-0.25, -0.2) is 0 Å². The highest BCUT2D eigenvalue weighted by atomic mass is 28.4. The van der Waals surface area contributed by atoms with Crippen LogP contribution in [0.4, 0.5) is 0 Å². The first-order valence-electron chi connectivity index (χ1n) is 9.34. The molecule has 0 aromatic carbocycles. The Hall–Kier alpha value is -0.0831. The Kier molecular flexibility index (Phi) is 13.5. The molecule has 0 fully saturated rings. The van der Waals surface area contributed by atoms with E-state index in [-0.39, 0.29) is 0 Å². The fourth-order valence-corrected chi connectivity index (χ4v) is 4.80. The first kappa shape index (κ1) is 20.9. The van der Waals surface area contributed by atoms with Gasteiger partial charge in [0.15, 0.2) is 8.32 Å². The van der Waals surface area contributed by atoms with E-state index >= 15 is 0 Å². The number of rotatable bonds is 15. The Balaban J connectivity index is 3.92. The third kappa shape index (κ3) is 13.3. The Morgan fingerprint density at radius 2 is 1.38 bits per heavy atom. The zero-order valence-corrected chi connectivity index (χ0v) is 16.3. The van der Waals surface area contributed by atoms with Crippen molar-refractivity contribution in [1.82, 2.24) is 0 Å². The van der Waals surface area contributed by atoms with Gasteiger partial charge in [0.05, 0.1) is 0 Å². The van der Waals surface area contributed by atoms with Gasteiger partial charge in [0, 0.05) is 6.10 Å². The third-order valence-electron chi connectivity index (χ3n) is 4.13. The second kappa shape index (κ2) is 13.6. The maximum atomic E-state index is 6.49. The van der Waals surface area contributed by atoms with E-state index in [0.29, 0.717) is 6.10 Å². The predicted molar refractivity (Wildman–Crippen MR) is 99.5 cm³/mol. The largest absolute Gasteiger partial charge is 0.414 e. The minimum Gasteiger partial charge on any atom is -0.414 e. The summed E-state index contributed by atoms with van der Waals surface area (Å²) in [5.74, 6) is 0. The van der Waals surface area contributed by atoms with Crippen LogP contribution in [0, 0.1) is 0 Å². The molecule has 1 atom stereocenters. The first-order chi connectivity index (χ1) is 10.1. The zero-order valence-electron chi connectivity index (χ0n) is 15.3. The minimum absolute atomic E-state index is 0.502. The SMILES string of the molecule is C=CC[Si](C)(C)OC(CCCC)CCCCCCCCC. The van der Waals surface area contributed by atoms with E-state index in [0.717, 1.165) is 6.04 Å². The molecule has 0 radical (unpaired) electrons. The van der Waals surface area contributed by atoms with Crippen molar-refractivity contribution >= 4 is 8.32 Å². The Labute approximate surface area is 135 Å². The summed E-state index contributed by atoms with van der Waals surface area (Å²) in [7, 11) is -1.52. The van der Waals surface area contributed by atoms with E-state index in [4.69, 9.17) is 4.43 Å². The molecular formula is C19H40OSi. The van der Waals surface area contributed by atoms with Gasteiger partial charge in [0.1, 0.15) is 0 Å². The van der Waals surface area contributed by atoms with Crippen molar-refractivity contribution in [2.24, 2.45) is 0 Å². The van der Waals surface area contributed by atoms with Crippen LogP contribution in [0.5, 0.6) is 0 Å². The lowest BCUT2D eigenvalue weighted by Crippen LogP contribution is -2.35. The summed E-state index contributed by atoms with van der Waals surface area (Å²) in [5, 5.41) is 0. The zero-order chi connectivity index (χ0) is 16.0. The number of unbranched alkanes of at least 4 members (excludes halogenated alkanes) is 7. The third-order valence-corrected chi connectivity index (χ3v) is 6.37. The molecule has 0 aromatic heterocycles. The molecule has 0 aliphatic carbocycles. The normalized spacial score (nSPS) is 13.3. The molecule has 0 aliphatic heterocycles. The van der Waals surface area contributed by atoms with Gasteiger partial charge in [-0.3, -0.25) is 0 Å². The summed E-state index contributed by atoms with van der Waals surface area (Å²) in [6.07, 6.45) is 17.4. The number of hydrogen-bond acceptors (Lipinski definition) is 1. The van der Waals surface area contributed by atoms with Crippen molar-refractivity contribution in [2.75, 3.05) is 0 Å². The molecule has 0 heterocycles. The van der Waals surface area contributed by atoms with Crippen molar-refractivity contribution in [3.05, 3.63) is 12.7 Å².